The van der Waals surface area contributed by atoms with Crippen LogP contribution in [0.15, 0.2) is 36.4 Å². The van der Waals surface area contributed by atoms with Gasteiger partial charge in [-0.05, 0) is 43.9 Å². The molecule has 2 amide bonds. The fourth-order valence-corrected chi connectivity index (χ4v) is 2.84. The van der Waals surface area contributed by atoms with Gasteiger partial charge in [0.2, 0.25) is 0 Å². The molecule has 1 aliphatic heterocycles. The zero-order valence-corrected chi connectivity index (χ0v) is 11.6. The van der Waals surface area contributed by atoms with Crippen LogP contribution in [-0.4, -0.2) is 25.2 Å². The molecule has 106 valence electrons. The van der Waals surface area contributed by atoms with Crippen molar-refractivity contribution in [1.29, 1.82) is 0 Å². The number of carbonyl (C=O) groups excluding carboxylic acids is 1. The van der Waals surface area contributed by atoms with Gasteiger partial charge >= 0.3 is 6.03 Å². The van der Waals surface area contributed by atoms with Gasteiger partial charge in [-0.3, -0.25) is 0 Å². The minimum Gasteiger partial charge on any atom is -0.371 e. The highest BCUT2D eigenvalue weighted by Crippen LogP contribution is 2.23. The number of hydrogen-bond acceptors (Lipinski definition) is 2. The predicted molar refractivity (Wildman–Crippen MR) is 82.2 cm³/mol. The van der Waals surface area contributed by atoms with Crippen molar-refractivity contribution in [2.45, 2.75) is 31.7 Å². The summed E-state index contributed by atoms with van der Waals surface area (Å²) in [5, 5.41) is 5.92. The normalized spacial score (nSPS) is 18.5. The highest BCUT2D eigenvalue weighted by atomic mass is 16.2. The molecule has 4 heteroatoms. The molecular formula is C16H21N3O. The molecule has 1 fully saturated rings. The summed E-state index contributed by atoms with van der Waals surface area (Å²) < 4.78 is 0. The number of urea groups is 1. The van der Waals surface area contributed by atoms with Crippen molar-refractivity contribution in [3.8, 4) is 0 Å². The first kappa shape index (κ1) is 13.0. The van der Waals surface area contributed by atoms with Gasteiger partial charge in [0.1, 0.15) is 0 Å². The summed E-state index contributed by atoms with van der Waals surface area (Å²) in [7, 11) is 0. The summed E-state index contributed by atoms with van der Waals surface area (Å²) in [6.07, 6.45) is 8.60. The molecule has 1 aromatic rings. The van der Waals surface area contributed by atoms with Gasteiger partial charge in [0.05, 0.1) is 0 Å². The van der Waals surface area contributed by atoms with E-state index in [1.54, 1.807) is 0 Å². The van der Waals surface area contributed by atoms with Crippen molar-refractivity contribution in [2.24, 2.45) is 0 Å². The average Bonchev–Trinajstić information content (AvgIpc) is 3.11. The largest absolute Gasteiger partial charge is 0.371 e. The summed E-state index contributed by atoms with van der Waals surface area (Å²) in [4.78, 5) is 14.3. The van der Waals surface area contributed by atoms with Crippen LogP contribution in [0.5, 0.6) is 0 Å². The highest BCUT2D eigenvalue weighted by Gasteiger charge is 2.15. The molecular weight excluding hydrogens is 250 g/mol. The maximum Gasteiger partial charge on any atom is 0.319 e. The number of amides is 2. The van der Waals surface area contributed by atoms with E-state index in [2.05, 4.69) is 39.8 Å². The van der Waals surface area contributed by atoms with Gasteiger partial charge in [-0.15, -0.1) is 0 Å². The van der Waals surface area contributed by atoms with Gasteiger partial charge in [-0.25, -0.2) is 4.79 Å². The number of anilines is 2. The lowest BCUT2D eigenvalue weighted by molar-refractivity contribution is 0.249. The standard InChI is InChI=1S/C16H21N3O/c20-16(17-13-6-1-2-7-13)18-14-8-5-9-15(12-14)19-10-3-4-11-19/h1-2,5,8-9,12-13H,3-4,6-7,10-11H2,(H2,17,18,20). The Labute approximate surface area is 119 Å². The maximum atomic E-state index is 11.9. The molecule has 2 N–H and O–H groups in total. The molecule has 0 saturated carbocycles. The quantitative estimate of drug-likeness (QED) is 0.830. The number of benzene rings is 1. The van der Waals surface area contributed by atoms with E-state index in [-0.39, 0.29) is 12.1 Å². The molecule has 0 spiro atoms. The van der Waals surface area contributed by atoms with E-state index in [9.17, 15) is 4.79 Å². The van der Waals surface area contributed by atoms with E-state index in [1.807, 2.05) is 12.1 Å². The van der Waals surface area contributed by atoms with Crippen LogP contribution < -0.4 is 15.5 Å². The van der Waals surface area contributed by atoms with Crippen LogP contribution in [0.1, 0.15) is 25.7 Å². The topological polar surface area (TPSA) is 44.4 Å². The zero-order valence-electron chi connectivity index (χ0n) is 11.6. The first-order valence-corrected chi connectivity index (χ1v) is 7.39. The second kappa shape index (κ2) is 5.99. The van der Waals surface area contributed by atoms with E-state index < -0.39 is 0 Å². The van der Waals surface area contributed by atoms with E-state index in [0.717, 1.165) is 31.6 Å². The van der Waals surface area contributed by atoms with Crippen molar-refractivity contribution < 1.29 is 4.79 Å². The Morgan fingerprint density at radius 3 is 2.65 bits per heavy atom. The fraction of sp³-hybridized carbons (Fsp3) is 0.438. The third kappa shape index (κ3) is 3.13. The van der Waals surface area contributed by atoms with Crippen LogP contribution in [0.4, 0.5) is 16.2 Å². The van der Waals surface area contributed by atoms with Crippen molar-refractivity contribution in [3.05, 3.63) is 36.4 Å². The Bertz CT molecular complexity index is 498. The molecule has 3 rings (SSSR count). The number of nitrogens with zero attached hydrogens (tertiary/aromatic N) is 1. The molecule has 20 heavy (non-hydrogen) atoms. The molecule has 0 aromatic heterocycles. The second-order valence-corrected chi connectivity index (χ2v) is 5.48. The third-order valence-electron chi connectivity index (χ3n) is 3.92. The average molecular weight is 271 g/mol. The van der Waals surface area contributed by atoms with E-state index in [0.29, 0.717) is 0 Å². The maximum absolute atomic E-state index is 11.9. The van der Waals surface area contributed by atoms with Crippen LogP contribution in [0, 0.1) is 0 Å². The fourth-order valence-electron chi connectivity index (χ4n) is 2.84. The van der Waals surface area contributed by atoms with Crippen LogP contribution >= 0.6 is 0 Å². The molecule has 2 aliphatic rings. The Kier molecular flexibility index (Phi) is 3.90. The minimum atomic E-state index is -0.114. The van der Waals surface area contributed by atoms with Crippen molar-refractivity contribution in [2.75, 3.05) is 23.3 Å². The molecule has 0 unspecified atom stereocenters. The molecule has 1 saturated heterocycles. The van der Waals surface area contributed by atoms with Gasteiger partial charge < -0.3 is 15.5 Å². The Hall–Kier alpha value is -1.97. The van der Waals surface area contributed by atoms with Gasteiger partial charge in [-0.2, -0.15) is 0 Å². The number of carbonyl (C=O) groups is 1. The molecule has 0 radical (unpaired) electrons. The van der Waals surface area contributed by atoms with E-state index >= 15 is 0 Å². The number of hydrogen-bond donors (Lipinski definition) is 2. The highest BCUT2D eigenvalue weighted by molar-refractivity contribution is 5.90. The summed E-state index contributed by atoms with van der Waals surface area (Å²) in [6.45, 7) is 2.23. The van der Waals surface area contributed by atoms with Crippen LogP contribution in [0.3, 0.4) is 0 Å². The first-order chi connectivity index (χ1) is 9.81. The summed E-state index contributed by atoms with van der Waals surface area (Å²) in [5.74, 6) is 0. The lowest BCUT2D eigenvalue weighted by atomic mass is 10.2. The summed E-state index contributed by atoms with van der Waals surface area (Å²) in [5.41, 5.74) is 2.06. The second-order valence-electron chi connectivity index (χ2n) is 5.48. The predicted octanol–water partition coefficient (Wildman–Crippen LogP) is 3.13. The van der Waals surface area contributed by atoms with Crippen molar-refractivity contribution in [3.63, 3.8) is 0 Å². The van der Waals surface area contributed by atoms with Gasteiger partial charge in [0, 0.05) is 30.5 Å². The lowest BCUT2D eigenvalue weighted by Gasteiger charge is -2.19. The first-order valence-electron chi connectivity index (χ1n) is 7.39. The Morgan fingerprint density at radius 2 is 1.90 bits per heavy atom. The van der Waals surface area contributed by atoms with Crippen molar-refractivity contribution in [1.82, 2.24) is 5.32 Å². The third-order valence-corrected chi connectivity index (χ3v) is 3.92. The van der Waals surface area contributed by atoms with Crippen molar-refractivity contribution >= 4 is 17.4 Å². The molecule has 1 aliphatic carbocycles. The molecule has 4 nitrogen and oxygen atoms in total. The monoisotopic (exact) mass is 271 g/mol. The van der Waals surface area contributed by atoms with E-state index in [4.69, 9.17) is 0 Å². The summed E-state index contributed by atoms with van der Waals surface area (Å²) >= 11 is 0. The Balaban J connectivity index is 1.58. The molecule has 0 bridgehead atoms. The lowest BCUT2D eigenvalue weighted by Crippen LogP contribution is -2.36. The van der Waals surface area contributed by atoms with Crippen LogP contribution in [-0.2, 0) is 0 Å². The minimum absolute atomic E-state index is 0.114. The Morgan fingerprint density at radius 1 is 1.15 bits per heavy atom. The molecule has 1 aromatic carbocycles. The van der Waals surface area contributed by atoms with E-state index in [1.165, 1.54) is 18.5 Å². The van der Waals surface area contributed by atoms with Gasteiger partial charge in [-0.1, -0.05) is 18.2 Å². The van der Waals surface area contributed by atoms with Crippen LogP contribution in [0.2, 0.25) is 0 Å². The summed E-state index contributed by atoms with van der Waals surface area (Å²) in [6, 6.07) is 8.23. The number of rotatable bonds is 3. The SMILES string of the molecule is O=C(Nc1cccc(N2CCCC2)c1)NC1CC=CC1. The number of nitrogens with one attached hydrogen (secondary N) is 2. The van der Waals surface area contributed by atoms with Crippen LogP contribution in [0.25, 0.3) is 0 Å². The smallest absolute Gasteiger partial charge is 0.319 e. The molecule has 0 atom stereocenters. The zero-order chi connectivity index (χ0) is 13.8. The molecule has 1 heterocycles. The van der Waals surface area contributed by atoms with Gasteiger partial charge in [0.15, 0.2) is 0 Å². The van der Waals surface area contributed by atoms with Gasteiger partial charge in [0.25, 0.3) is 0 Å².